The number of nitrogens with one attached hydrogen (secondary N) is 1. The summed E-state index contributed by atoms with van der Waals surface area (Å²) in [4.78, 5) is 4.31. The zero-order chi connectivity index (χ0) is 15.4. The highest BCUT2D eigenvalue weighted by Gasteiger charge is 2.08. The zero-order valence-corrected chi connectivity index (χ0v) is 12.1. The van der Waals surface area contributed by atoms with E-state index >= 15 is 0 Å². The molecule has 0 radical (unpaired) electrons. The molecular formula is C16H10ClN5. The molecule has 0 atom stereocenters. The highest BCUT2D eigenvalue weighted by atomic mass is 35.5. The average molecular weight is 308 g/mol. The second-order valence-corrected chi connectivity index (χ2v) is 4.85. The lowest BCUT2D eigenvalue weighted by atomic mass is 10.1. The molecule has 3 rings (SSSR count). The first-order valence-electron chi connectivity index (χ1n) is 6.48. The van der Waals surface area contributed by atoms with Gasteiger partial charge in [0.1, 0.15) is 11.9 Å². The van der Waals surface area contributed by atoms with E-state index in [4.69, 9.17) is 11.6 Å². The van der Waals surface area contributed by atoms with Crippen molar-refractivity contribution in [3.05, 3.63) is 65.4 Å². The molecule has 22 heavy (non-hydrogen) atoms. The number of hydrogen-bond donors (Lipinski definition) is 1. The Labute approximate surface area is 132 Å². The molecule has 2 aromatic heterocycles. The summed E-state index contributed by atoms with van der Waals surface area (Å²) in [7, 11) is 0. The number of halogens is 1. The highest BCUT2D eigenvalue weighted by Crippen LogP contribution is 2.24. The molecular weight excluding hydrogens is 298 g/mol. The lowest BCUT2D eigenvalue weighted by Crippen LogP contribution is -2.00. The molecule has 0 aliphatic rings. The number of aromatic nitrogens is 3. The summed E-state index contributed by atoms with van der Waals surface area (Å²) in [5.41, 5.74) is 2.31. The van der Waals surface area contributed by atoms with Crippen LogP contribution in [0.1, 0.15) is 5.56 Å². The van der Waals surface area contributed by atoms with Crippen molar-refractivity contribution in [3.8, 4) is 17.2 Å². The van der Waals surface area contributed by atoms with Gasteiger partial charge in [-0.1, -0.05) is 41.9 Å². The van der Waals surface area contributed by atoms with Gasteiger partial charge in [0.2, 0.25) is 0 Å². The molecule has 0 aliphatic carbocycles. The molecule has 0 spiro atoms. The van der Waals surface area contributed by atoms with Gasteiger partial charge in [0.05, 0.1) is 5.56 Å². The van der Waals surface area contributed by atoms with Gasteiger partial charge in [0.15, 0.2) is 11.0 Å². The molecule has 2 heterocycles. The van der Waals surface area contributed by atoms with Crippen LogP contribution < -0.4 is 5.32 Å². The molecule has 1 N–H and O–H groups in total. The van der Waals surface area contributed by atoms with Gasteiger partial charge in [-0.3, -0.25) is 0 Å². The van der Waals surface area contributed by atoms with Crippen molar-refractivity contribution < 1.29 is 0 Å². The number of pyridine rings is 1. The van der Waals surface area contributed by atoms with E-state index in [2.05, 4.69) is 26.6 Å². The van der Waals surface area contributed by atoms with Gasteiger partial charge in [-0.15, -0.1) is 10.2 Å². The molecule has 0 fully saturated rings. The summed E-state index contributed by atoms with van der Waals surface area (Å²) in [5.74, 6) is 0.902. The van der Waals surface area contributed by atoms with Crippen LogP contribution in [0, 0.1) is 11.3 Å². The van der Waals surface area contributed by atoms with E-state index in [1.165, 1.54) is 0 Å². The van der Waals surface area contributed by atoms with Crippen molar-refractivity contribution in [1.29, 1.82) is 5.26 Å². The fourth-order valence-electron chi connectivity index (χ4n) is 1.94. The first kappa shape index (κ1) is 14.0. The molecule has 6 heteroatoms. The van der Waals surface area contributed by atoms with E-state index in [0.717, 1.165) is 11.1 Å². The topological polar surface area (TPSA) is 74.5 Å². The summed E-state index contributed by atoms with van der Waals surface area (Å²) in [6, 6.07) is 17.0. The maximum absolute atomic E-state index is 9.32. The molecule has 0 saturated heterocycles. The van der Waals surface area contributed by atoms with Gasteiger partial charge in [-0.2, -0.15) is 5.26 Å². The maximum atomic E-state index is 9.32. The minimum Gasteiger partial charge on any atom is -0.322 e. The van der Waals surface area contributed by atoms with E-state index < -0.39 is 0 Å². The van der Waals surface area contributed by atoms with Crippen LogP contribution in [0.2, 0.25) is 5.15 Å². The normalized spacial score (nSPS) is 10.0. The van der Waals surface area contributed by atoms with Crippen LogP contribution in [0.4, 0.5) is 11.6 Å². The molecule has 0 unspecified atom stereocenters. The average Bonchev–Trinajstić information content (AvgIpc) is 2.58. The van der Waals surface area contributed by atoms with Crippen LogP contribution >= 0.6 is 11.6 Å². The van der Waals surface area contributed by atoms with Crippen LogP contribution in [-0.4, -0.2) is 15.2 Å². The molecule has 0 saturated carbocycles. The van der Waals surface area contributed by atoms with Crippen molar-refractivity contribution in [2.24, 2.45) is 0 Å². The van der Waals surface area contributed by atoms with E-state index in [1.54, 1.807) is 24.4 Å². The summed E-state index contributed by atoms with van der Waals surface area (Å²) >= 11 is 5.69. The van der Waals surface area contributed by atoms with Gasteiger partial charge in [0, 0.05) is 11.8 Å². The number of hydrogen-bond acceptors (Lipinski definition) is 5. The first-order valence-corrected chi connectivity index (χ1v) is 6.86. The lowest BCUT2D eigenvalue weighted by Gasteiger charge is -2.08. The Balaban J connectivity index is 1.93. The Bertz CT molecular complexity index is 825. The third-order valence-corrected chi connectivity index (χ3v) is 3.20. The predicted molar refractivity (Wildman–Crippen MR) is 84.7 cm³/mol. The highest BCUT2D eigenvalue weighted by molar-refractivity contribution is 6.29. The van der Waals surface area contributed by atoms with Crippen molar-refractivity contribution in [2.45, 2.75) is 0 Å². The minimum atomic E-state index is 0.304. The van der Waals surface area contributed by atoms with Crippen molar-refractivity contribution >= 4 is 23.2 Å². The predicted octanol–water partition coefficient (Wildman–Crippen LogP) is 3.81. The SMILES string of the molecule is N#Cc1cc(-c2ccccc2)cnc1Nc1ccc(Cl)nn1. The fraction of sp³-hybridized carbons (Fsp3) is 0. The zero-order valence-electron chi connectivity index (χ0n) is 11.4. The van der Waals surface area contributed by atoms with Crippen molar-refractivity contribution in [2.75, 3.05) is 5.32 Å². The first-order chi connectivity index (χ1) is 10.8. The number of rotatable bonds is 3. The van der Waals surface area contributed by atoms with E-state index in [0.29, 0.717) is 22.4 Å². The number of nitrogens with zero attached hydrogens (tertiary/aromatic N) is 4. The van der Waals surface area contributed by atoms with Gasteiger partial charge >= 0.3 is 0 Å². The summed E-state index contributed by atoms with van der Waals surface area (Å²) in [5, 5.41) is 20.2. The van der Waals surface area contributed by atoms with Crippen molar-refractivity contribution in [1.82, 2.24) is 15.2 Å². The Morgan fingerprint density at radius 3 is 2.50 bits per heavy atom. The number of nitriles is 1. The quantitative estimate of drug-likeness (QED) is 0.796. The molecule has 1 aromatic carbocycles. The Hall–Kier alpha value is -2.97. The second kappa shape index (κ2) is 6.20. The van der Waals surface area contributed by atoms with Gasteiger partial charge in [-0.25, -0.2) is 4.98 Å². The van der Waals surface area contributed by atoms with Crippen LogP contribution in [0.25, 0.3) is 11.1 Å². The number of anilines is 2. The monoisotopic (exact) mass is 307 g/mol. The maximum Gasteiger partial charge on any atom is 0.154 e. The van der Waals surface area contributed by atoms with Crippen LogP contribution in [-0.2, 0) is 0 Å². The van der Waals surface area contributed by atoms with Crippen LogP contribution in [0.15, 0.2) is 54.7 Å². The van der Waals surface area contributed by atoms with E-state index in [9.17, 15) is 5.26 Å². The lowest BCUT2D eigenvalue weighted by molar-refractivity contribution is 1.03. The van der Waals surface area contributed by atoms with E-state index in [1.807, 2.05) is 30.3 Å². The smallest absolute Gasteiger partial charge is 0.154 e. The molecule has 0 amide bonds. The fourth-order valence-corrected chi connectivity index (χ4v) is 2.04. The van der Waals surface area contributed by atoms with Crippen molar-refractivity contribution in [3.63, 3.8) is 0 Å². The molecule has 0 bridgehead atoms. The molecule has 5 nitrogen and oxygen atoms in total. The summed E-state index contributed by atoms with van der Waals surface area (Å²) < 4.78 is 0. The van der Waals surface area contributed by atoms with Gasteiger partial charge < -0.3 is 5.32 Å². The third-order valence-electron chi connectivity index (χ3n) is 2.99. The standard InChI is InChI=1S/C16H10ClN5/c17-14-6-7-15(22-21-14)20-16-12(9-18)8-13(10-19-16)11-4-2-1-3-5-11/h1-8,10H,(H,19,20,22). The van der Waals surface area contributed by atoms with Gasteiger partial charge in [-0.05, 0) is 23.8 Å². The Morgan fingerprint density at radius 2 is 1.82 bits per heavy atom. The molecule has 3 aromatic rings. The Kier molecular flexibility index (Phi) is 3.95. The number of benzene rings is 1. The Morgan fingerprint density at radius 1 is 1.00 bits per heavy atom. The van der Waals surface area contributed by atoms with Gasteiger partial charge in [0.25, 0.3) is 0 Å². The van der Waals surface area contributed by atoms with Crippen LogP contribution in [0.3, 0.4) is 0 Å². The molecule has 106 valence electrons. The van der Waals surface area contributed by atoms with Crippen LogP contribution in [0.5, 0.6) is 0 Å². The summed E-state index contributed by atoms with van der Waals surface area (Å²) in [6.45, 7) is 0. The van der Waals surface area contributed by atoms with E-state index in [-0.39, 0.29) is 0 Å². The minimum absolute atomic E-state index is 0.304. The second-order valence-electron chi connectivity index (χ2n) is 4.46. The third kappa shape index (κ3) is 3.03. The largest absolute Gasteiger partial charge is 0.322 e. The molecule has 0 aliphatic heterocycles. The summed E-state index contributed by atoms with van der Waals surface area (Å²) in [6.07, 6.45) is 1.71.